The maximum atomic E-state index is 12.5. The molecule has 0 N–H and O–H groups in total. The molecule has 25 heavy (non-hydrogen) atoms. The molecule has 0 radical (unpaired) electrons. The number of sulfone groups is 1. The summed E-state index contributed by atoms with van der Waals surface area (Å²) in [5.41, 5.74) is 1.09. The Kier molecular flexibility index (Phi) is 4.25. The molecule has 2 aromatic rings. The summed E-state index contributed by atoms with van der Waals surface area (Å²) < 4.78 is 29.7. The largest absolute Gasteiger partial charge is 0.465 e. The fourth-order valence-corrected chi connectivity index (χ4v) is 3.93. The summed E-state index contributed by atoms with van der Waals surface area (Å²) in [5.74, 6) is -0.526. The van der Waals surface area contributed by atoms with Gasteiger partial charge in [-0.1, -0.05) is 17.7 Å². The molecule has 1 aliphatic heterocycles. The monoisotopic (exact) mass is 374 g/mol. The number of methoxy groups -OCH3 is 1. The third-order valence-electron chi connectivity index (χ3n) is 3.66. The average molecular weight is 375 g/mol. The van der Waals surface area contributed by atoms with Crippen molar-refractivity contribution >= 4 is 38.8 Å². The van der Waals surface area contributed by atoms with Crippen molar-refractivity contribution in [1.82, 2.24) is 0 Å². The van der Waals surface area contributed by atoms with E-state index >= 15 is 0 Å². The van der Waals surface area contributed by atoms with Gasteiger partial charge in [-0.3, -0.25) is 0 Å². The lowest BCUT2D eigenvalue weighted by Crippen LogP contribution is -2.21. The number of fused-ring (bicyclic) bond motifs is 1. The summed E-state index contributed by atoms with van der Waals surface area (Å²) in [6, 6.07) is 12.4. The number of ether oxygens (including phenoxy) is 1. The van der Waals surface area contributed by atoms with Crippen molar-refractivity contribution in [2.24, 2.45) is 0 Å². The van der Waals surface area contributed by atoms with Crippen LogP contribution in [0.2, 0.25) is 5.02 Å². The molecule has 0 aromatic heterocycles. The highest BCUT2D eigenvalue weighted by Gasteiger charge is 2.32. The number of hydrogen-bond donors (Lipinski definition) is 0. The molecule has 0 atom stereocenters. The SMILES string of the molecule is COC(=O)c1cccc(N2C=C(C#N)S(=O)(=O)c3ccc(Cl)cc32)c1. The molecule has 6 nitrogen and oxygen atoms in total. The van der Waals surface area contributed by atoms with Gasteiger partial charge in [-0.2, -0.15) is 5.26 Å². The number of nitrogens with zero attached hydrogens (tertiary/aromatic N) is 2. The van der Waals surface area contributed by atoms with Crippen molar-refractivity contribution in [3.8, 4) is 6.07 Å². The number of esters is 1. The van der Waals surface area contributed by atoms with Crippen molar-refractivity contribution in [2.45, 2.75) is 4.90 Å². The Morgan fingerprint density at radius 2 is 2.00 bits per heavy atom. The quantitative estimate of drug-likeness (QED) is 0.748. The van der Waals surface area contributed by atoms with Crippen LogP contribution in [-0.2, 0) is 14.6 Å². The van der Waals surface area contributed by atoms with E-state index < -0.39 is 20.7 Å². The first-order valence-electron chi connectivity index (χ1n) is 7.02. The lowest BCUT2D eigenvalue weighted by atomic mass is 10.1. The lowest BCUT2D eigenvalue weighted by Gasteiger charge is -2.27. The fourth-order valence-electron chi connectivity index (χ4n) is 2.48. The maximum absolute atomic E-state index is 12.5. The second-order valence-electron chi connectivity index (χ2n) is 5.13. The molecule has 126 valence electrons. The van der Waals surface area contributed by atoms with Gasteiger partial charge in [-0.25, -0.2) is 13.2 Å². The summed E-state index contributed by atoms with van der Waals surface area (Å²) >= 11 is 6.02. The first-order valence-corrected chi connectivity index (χ1v) is 8.89. The first kappa shape index (κ1) is 17.0. The van der Waals surface area contributed by atoms with E-state index in [4.69, 9.17) is 16.3 Å². The minimum absolute atomic E-state index is 0.0283. The molecule has 0 fully saturated rings. The van der Waals surface area contributed by atoms with Crippen molar-refractivity contribution in [3.05, 3.63) is 64.2 Å². The molecule has 0 spiro atoms. The lowest BCUT2D eigenvalue weighted by molar-refractivity contribution is 0.0600. The Balaban J connectivity index is 2.25. The number of carbonyl (C=O) groups excluding carboxylic acids is 1. The molecular formula is C17H11ClN2O4S. The van der Waals surface area contributed by atoms with Crippen molar-refractivity contribution in [2.75, 3.05) is 12.0 Å². The van der Waals surface area contributed by atoms with Crippen molar-refractivity contribution < 1.29 is 17.9 Å². The second kappa shape index (κ2) is 6.24. The molecule has 3 rings (SSSR count). The number of allylic oxidation sites excluding steroid dienone is 1. The summed E-state index contributed by atoms with van der Waals surface area (Å²) in [6.07, 6.45) is 1.21. The third-order valence-corrected chi connectivity index (χ3v) is 5.60. The second-order valence-corrected chi connectivity index (χ2v) is 7.46. The van der Waals surface area contributed by atoms with Crippen LogP contribution in [0.15, 0.2) is 58.5 Å². The van der Waals surface area contributed by atoms with E-state index in [2.05, 4.69) is 0 Å². The minimum atomic E-state index is -3.91. The van der Waals surface area contributed by atoms with Gasteiger partial charge in [0.25, 0.3) is 0 Å². The molecule has 0 bridgehead atoms. The zero-order chi connectivity index (χ0) is 18.2. The molecule has 0 amide bonds. The Morgan fingerprint density at radius 3 is 2.68 bits per heavy atom. The van der Waals surface area contributed by atoms with Gasteiger partial charge in [-0.15, -0.1) is 0 Å². The van der Waals surface area contributed by atoms with Crippen LogP contribution < -0.4 is 4.90 Å². The van der Waals surface area contributed by atoms with E-state index in [0.29, 0.717) is 22.0 Å². The van der Waals surface area contributed by atoms with Gasteiger partial charge >= 0.3 is 5.97 Å². The summed E-state index contributed by atoms with van der Waals surface area (Å²) in [5, 5.41) is 9.57. The minimum Gasteiger partial charge on any atom is -0.465 e. The molecule has 2 aromatic carbocycles. The van der Waals surface area contributed by atoms with E-state index in [9.17, 15) is 18.5 Å². The van der Waals surface area contributed by atoms with Crippen molar-refractivity contribution in [3.63, 3.8) is 0 Å². The Morgan fingerprint density at radius 1 is 1.24 bits per heavy atom. The maximum Gasteiger partial charge on any atom is 0.337 e. The van der Waals surface area contributed by atoms with Crippen LogP contribution in [0.5, 0.6) is 0 Å². The fraction of sp³-hybridized carbons (Fsp3) is 0.0588. The van der Waals surface area contributed by atoms with Gasteiger partial charge in [0.1, 0.15) is 6.07 Å². The van der Waals surface area contributed by atoms with Crippen molar-refractivity contribution in [1.29, 1.82) is 5.26 Å². The van der Waals surface area contributed by atoms with Crippen LogP contribution in [-0.4, -0.2) is 21.5 Å². The predicted octanol–water partition coefficient (Wildman–Crippen LogP) is 3.42. The van der Waals surface area contributed by atoms with Crippen LogP contribution in [0.4, 0.5) is 11.4 Å². The van der Waals surface area contributed by atoms with E-state index in [-0.39, 0.29) is 4.90 Å². The predicted molar refractivity (Wildman–Crippen MR) is 92.3 cm³/mol. The Bertz CT molecular complexity index is 1050. The van der Waals surface area contributed by atoms with Crippen LogP contribution >= 0.6 is 11.6 Å². The summed E-state index contributed by atoms with van der Waals surface area (Å²) in [6.45, 7) is 0. The van der Waals surface area contributed by atoms with Crippen LogP contribution in [0, 0.1) is 11.3 Å². The molecule has 0 aliphatic carbocycles. The first-order chi connectivity index (χ1) is 11.9. The van der Waals surface area contributed by atoms with E-state index in [0.717, 1.165) is 0 Å². The molecule has 1 heterocycles. The Labute approximate surface area is 149 Å². The number of rotatable bonds is 2. The van der Waals surface area contributed by atoms with Crippen LogP contribution in [0.1, 0.15) is 10.4 Å². The number of hydrogen-bond acceptors (Lipinski definition) is 6. The molecular weight excluding hydrogens is 364 g/mol. The molecule has 8 heteroatoms. The topological polar surface area (TPSA) is 87.5 Å². The zero-order valence-corrected chi connectivity index (χ0v) is 14.5. The van der Waals surface area contributed by atoms with Gasteiger partial charge in [0, 0.05) is 16.9 Å². The van der Waals surface area contributed by atoms with Gasteiger partial charge in [0.2, 0.25) is 9.84 Å². The highest BCUT2D eigenvalue weighted by molar-refractivity contribution is 7.95. The summed E-state index contributed by atoms with van der Waals surface area (Å²) in [4.78, 5) is 12.8. The van der Waals surface area contributed by atoms with E-state index in [1.165, 1.54) is 36.4 Å². The number of carbonyl (C=O) groups is 1. The number of benzene rings is 2. The van der Waals surface area contributed by atoms with E-state index in [1.54, 1.807) is 30.3 Å². The molecule has 0 saturated carbocycles. The van der Waals surface area contributed by atoms with Gasteiger partial charge in [-0.05, 0) is 36.4 Å². The van der Waals surface area contributed by atoms with Crippen LogP contribution in [0.3, 0.4) is 0 Å². The number of anilines is 2. The number of nitriles is 1. The van der Waals surface area contributed by atoms with Gasteiger partial charge in [0.05, 0.1) is 23.3 Å². The smallest absolute Gasteiger partial charge is 0.337 e. The van der Waals surface area contributed by atoms with Gasteiger partial charge in [0.15, 0.2) is 4.91 Å². The molecule has 0 saturated heterocycles. The molecule has 1 aliphatic rings. The normalized spacial score (nSPS) is 14.9. The standard InChI is InChI=1S/C17H11ClN2O4S/c1-24-17(21)11-3-2-4-13(7-11)20-10-14(9-19)25(22,23)16-6-5-12(18)8-15(16)20/h2-8,10H,1H3. The molecule has 0 unspecified atom stereocenters. The van der Waals surface area contributed by atoms with Crippen LogP contribution in [0.25, 0.3) is 0 Å². The highest BCUT2D eigenvalue weighted by Crippen LogP contribution is 2.40. The summed E-state index contributed by atoms with van der Waals surface area (Å²) in [7, 11) is -2.64. The zero-order valence-electron chi connectivity index (χ0n) is 12.9. The Hall–Kier alpha value is -2.82. The highest BCUT2D eigenvalue weighted by atomic mass is 35.5. The number of halogens is 1. The average Bonchev–Trinajstić information content (AvgIpc) is 2.61. The third kappa shape index (κ3) is 2.86. The van der Waals surface area contributed by atoms with Gasteiger partial charge < -0.3 is 9.64 Å². The van der Waals surface area contributed by atoms with E-state index in [1.807, 2.05) is 0 Å².